The van der Waals surface area contributed by atoms with E-state index in [1.807, 2.05) is 11.0 Å². The van der Waals surface area contributed by atoms with Gasteiger partial charge in [-0.1, -0.05) is 30.3 Å². The number of hydrogen-bond acceptors (Lipinski definition) is 12. The van der Waals surface area contributed by atoms with E-state index >= 15 is 0 Å². The Kier molecular flexibility index (Phi) is 15.7. The summed E-state index contributed by atoms with van der Waals surface area (Å²) in [6.07, 6.45) is 1.08. The fourth-order valence-corrected chi connectivity index (χ4v) is 6.91. The lowest BCUT2D eigenvalue weighted by Crippen LogP contribution is -2.52. The topological polar surface area (TPSA) is 244 Å². The Morgan fingerprint density at radius 3 is 1.67 bits per heavy atom. The smallest absolute Gasteiger partial charge is 0.475 e. The quantitative estimate of drug-likeness (QED) is 0.104. The van der Waals surface area contributed by atoms with Gasteiger partial charge in [0.25, 0.3) is 5.91 Å². The van der Waals surface area contributed by atoms with Gasteiger partial charge in [-0.15, -0.1) is 0 Å². The summed E-state index contributed by atoms with van der Waals surface area (Å²) in [5.74, 6) is -5.07. The predicted octanol–water partition coefficient (Wildman–Crippen LogP) is -1.95. The number of fused-ring (bicyclic) bond motifs is 1. The van der Waals surface area contributed by atoms with E-state index in [0.717, 1.165) is 5.56 Å². The van der Waals surface area contributed by atoms with E-state index in [4.69, 9.17) is 0 Å². The summed E-state index contributed by atoms with van der Waals surface area (Å²) in [4.78, 5) is 82.7. The molecular formula is C35H50BN7O11. The number of carbonyl (C=O) groups excluding carboxylic acids is 3. The van der Waals surface area contributed by atoms with Crippen LogP contribution in [-0.4, -0.2) is 190 Å². The third-order valence-corrected chi connectivity index (χ3v) is 9.75. The number of nitrogens with zero attached hydrogens (tertiary/aromatic N) is 5. The summed E-state index contributed by atoms with van der Waals surface area (Å²) in [5, 5.41) is 54.6. The molecule has 0 bridgehead atoms. The summed E-state index contributed by atoms with van der Waals surface area (Å²) in [6, 6.07) is 9.59. The van der Waals surface area contributed by atoms with Crippen molar-refractivity contribution in [1.29, 1.82) is 0 Å². The van der Waals surface area contributed by atoms with Gasteiger partial charge in [-0.25, -0.2) is 0 Å². The molecule has 2 fully saturated rings. The summed E-state index contributed by atoms with van der Waals surface area (Å²) >= 11 is 0. The number of aliphatic carboxylic acids is 3. The minimum Gasteiger partial charge on any atom is -0.480 e. The highest BCUT2D eigenvalue weighted by Crippen LogP contribution is 2.24. The van der Waals surface area contributed by atoms with Gasteiger partial charge >= 0.3 is 25.0 Å². The van der Waals surface area contributed by atoms with Crippen molar-refractivity contribution in [2.75, 3.05) is 85.1 Å². The van der Waals surface area contributed by atoms with Gasteiger partial charge in [0, 0.05) is 71.0 Å². The van der Waals surface area contributed by atoms with E-state index in [2.05, 4.69) is 10.6 Å². The molecule has 0 unspecified atom stereocenters. The van der Waals surface area contributed by atoms with Crippen molar-refractivity contribution in [2.45, 2.75) is 38.3 Å². The highest BCUT2D eigenvalue weighted by atomic mass is 16.4. The van der Waals surface area contributed by atoms with Gasteiger partial charge < -0.3 is 40.9 Å². The van der Waals surface area contributed by atoms with Gasteiger partial charge in [0.15, 0.2) is 0 Å². The number of carboxylic acids is 3. The zero-order valence-corrected chi connectivity index (χ0v) is 30.4. The normalized spacial score (nSPS) is 19.0. The molecule has 0 aliphatic carbocycles. The van der Waals surface area contributed by atoms with Crippen molar-refractivity contribution < 1.29 is 54.1 Å². The Hall–Kier alpha value is -4.66. The second-order valence-electron chi connectivity index (χ2n) is 13.7. The second kappa shape index (κ2) is 20.1. The third kappa shape index (κ3) is 12.5. The highest BCUT2D eigenvalue weighted by molar-refractivity contribution is 6.43. The summed E-state index contributed by atoms with van der Waals surface area (Å²) in [6.45, 7) is 3.39. The zero-order valence-electron chi connectivity index (χ0n) is 30.4. The average molecular weight is 756 g/mol. The van der Waals surface area contributed by atoms with E-state index in [9.17, 15) is 54.1 Å². The lowest BCUT2D eigenvalue weighted by atomic mass is 9.78. The number of likely N-dealkylation sites (tertiary alicyclic amines) is 1. The SMILES string of the molecule is C[C@@H](NC(=O)c1ccc(CNC(=O)CN2CCN(CC(=O)O)CCN(CC(=O)O)CCN(CC(=O)O)CC2)c2ccccc12)C(=O)N1CCC[C@H]1B(O)O. The minimum absolute atomic E-state index is 0.0531. The molecule has 2 aliphatic heterocycles. The average Bonchev–Trinajstić information content (AvgIpc) is 3.61. The molecule has 2 aromatic carbocycles. The molecule has 2 atom stereocenters. The van der Waals surface area contributed by atoms with Gasteiger partial charge in [0.05, 0.1) is 32.1 Å². The number of carboxylic acid groups (broad SMARTS) is 3. The Labute approximate surface area is 313 Å². The molecule has 2 saturated heterocycles. The molecule has 0 aromatic heterocycles. The van der Waals surface area contributed by atoms with Crippen molar-refractivity contribution in [3.63, 3.8) is 0 Å². The van der Waals surface area contributed by atoms with Crippen LogP contribution < -0.4 is 10.6 Å². The first-order valence-electron chi connectivity index (χ1n) is 18.0. The molecule has 18 nitrogen and oxygen atoms in total. The molecule has 0 spiro atoms. The fraction of sp³-hybridized carbons (Fsp3) is 0.543. The molecule has 4 rings (SSSR count). The predicted molar refractivity (Wildman–Crippen MR) is 196 cm³/mol. The van der Waals surface area contributed by atoms with Crippen molar-refractivity contribution in [2.24, 2.45) is 0 Å². The van der Waals surface area contributed by atoms with Gasteiger partial charge in [0.2, 0.25) is 11.8 Å². The van der Waals surface area contributed by atoms with Crippen LogP contribution in [0.1, 0.15) is 35.7 Å². The molecule has 7 N–H and O–H groups in total. The van der Waals surface area contributed by atoms with Crippen molar-refractivity contribution in [3.8, 4) is 0 Å². The Morgan fingerprint density at radius 1 is 0.704 bits per heavy atom. The molecule has 294 valence electrons. The number of hydrogen-bond donors (Lipinski definition) is 7. The first-order valence-corrected chi connectivity index (χ1v) is 18.0. The minimum atomic E-state index is -1.67. The lowest BCUT2D eigenvalue weighted by Gasteiger charge is -2.32. The summed E-state index contributed by atoms with van der Waals surface area (Å²) in [5.41, 5.74) is 1.05. The molecule has 3 amide bonds. The lowest BCUT2D eigenvalue weighted by molar-refractivity contribution is -0.140. The summed E-state index contributed by atoms with van der Waals surface area (Å²) < 4.78 is 0. The van der Waals surface area contributed by atoms with E-state index in [-0.39, 0.29) is 77.9 Å². The maximum absolute atomic E-state index is 13.4. The molecule has 19 heteroatoms. The molecular weight excluding hydrogens is 705 g/mol. The first-order chi connectivity index (χ1) is 25.7. The van der Waals surface area contributed by atoms with Gasteiger partial charge in [-0.05, 0) is 42.2 Å². The van der Waals surface area contributed by atoms with Gasteiger partial charge in [0.1, 0.15) is 6.04 Å². The molecule has 54 heavy (non-hydrogen) atoms. The number of benzene rings is 2. The molecule has 2 aliphatic rings. The standard InChI is InChI=1S/C35H50BN7O11/c1-24(35(52)43-10-4-7-29(43)36(53)54)38-34(51)28-9-8-25(26-5-2-3-6-27(26)28)19-37-30(44)20-39-11-13-40(21-31(45)46)15-17-42(23-33(49)50)18-16-41(14-12-39)22-32(47)48/h2-3,5-6,8-9,24,29,53-54H,4,7,10-23H2,1H3,(H,37,44)(H,38,51)(H,45,46)(H,47,48)(H,49,50)/t24-,29+/m1/s1. The van der Waals surface area contributed by atoms with Crippen LogP contribution in [0.4, 0.5) is 0 Å². The number of rotatable bonds is 14. The van der Waals surface area contributed by atoms with Crippen LogP contribution in [0.3, 0.4) is 0 Å². The Morgan fingerprint density at radius 2 is 1.19 bits per heavy atom. The van der Waals surface area contributed by atoms with E-state index in [1.54, 1.807) is 52.0 Å². The van der Waals surface area contributed by atoms with Crippen LogP contribution in [0.5, 0.6) is 0 Å². The largest absolute Gasteiger partial charge is 0.480 e. The van der Waals surface area contributed by atoms with Crippen LogP contribution in [0, 0.1) is 0 Å². The third-order valence-electron chi connectivity index (χ3n) is 9.75. The van der Waals surface area contributed by atoms with E-state index < -0.39 is 48.8 Å². The second-order valence-corrected chi connectivity index (χ2v) is 13.7. The van der Waals surface area contributed by atoms with Crippen molar-refractivity contribution >= 4 is 53.5 Å². The maximum Gasteiger partial charge on any atom is 0.475 e. The van der Waals surface area contributed by atoms with Gasteiger partial charge in [-0.2, -0.15) is 0 Å². The monoisotopic (exact) mass is 755 g/mol. The molecule has 0 saturated carbocycles. The highest BCUT2D eigenvalue weighted by Gasteiger charge is 2.38. The van der Waals surface area contributed by atoms with Crippen LogP contribution in [0.2, 0.25) is 0 Å². The van der Waals surface area contributed by atoms with Crippen LogP contribution in [0.15, 0.2) is 36.4 Å². The van der Waals surface area contributed by atoms with Crippen LogP contribution >= 0.6 is 0 Å². The maximum atomic E-state index is 13.4. The number of amides is 3. The molecule has 0 radical (unpaired) electrons. The van der Waals surface area contributed by atoms with Crippen molar-refractivity contribution in [1.82, 2.24) is 35.1 Å². The number of carbonyl (C=O) groups is 6. The Bertz CT molecular complexity index is 1630. The van der Waals surface area contributed by atoms with Crippen LogP contribution in [-0.2, 0) is 30.5 Å². The van der Waals surface area contributed by atoms with Gasteiger partial charge in [-0.3, -0.25) is 48.4 Å². The molecule has 2 aromatic rings. The van der Waals surface area contributed by atoms with E-state index in [0.29, 0.717) is 48.8 Å². The van der Waals surface area contributed by atoms with Crippen LogP contribution in [0.25, 0.3) is 10.8 Å². The first kappa shape index (κ1) is 42.1. The zero-order chi connectivity index (χ0) is 39.4. The fourth-order valence-electron chi connectivity index (χ4n) is 6.91. The van der Waals surface area contributed by atoms with E-state index in [1.165, 1.54) is 4.90 Å². The molecule has 2 heterocycles. The van der Waals surface area contributed by atoms with Crippen molar-refractivity contribution in [3.05, 3.63) is 47.5 Å². The number of nitrogens with one attached hydrogen (secondary N) is 2. The Balaban J connectivity index is 1.42. The summed E-state index contributed by atoms with van der Waals surface area (Å²) in [7, 11) is -1.67.